The topological polar surface area (TPSA) is 72.6 Å². The van der Waals surface area contributed by atoms with Crippen LogP contribution in [0.5, 0.6) is 5.75 Å². The zero-order valence-corrected chi connectivity index (χ0v) is 15.9. The van der Waals surface area contributed by atoms with Gasteiger partial charge in [-0.3, -0.25) is 0 Å². The Balaban J connectivity index is 1.97. The van der Waals surface area contributed by atoms with Gasteiger partial charge in [0.15, 0.2) is 5.76 Å². The van der Waals surface area contributed by atoms with Crippen molar-refractivity contribution in [2.45, 2.75) is 26.9 Å². The molecule has 0 atom stereocenters. The maximum atomic E-state index is 13.3. The second-order valence-corrected chi connectivity index (χ2v) is 6.96. The zero-order chi connectivity index (χ0) is 20.9. The molecule has 4 rings (SSSR count). The number of carboxylic acid groups (broad SMARTS) is 1. The first kappa shape index (κ1) is 18.9. The zero-order valence-electron chi connectivity index (χ0n) is 15.9. The van der Waals surface area contributed by atoms with E-state index in [0.717, 1.165) is 10.9 Å². The predicted octanol–water partition coefficient (Wildman–Crippen LogP) is 5.95. The minimum Gasteiger partial charge on any atom is -0.478 e. The lowest BCUT2D eigenvalue weighted by Gasteiger charge is -2.15. The summed E-state index contributed by atoms with van der Waals surface area (Å²) in [6.45, 7) is 4.16. The molecule has 2 heterocycles. The van der Waals surface area contributed by atoms with E-state index in [0.29, 0.717) is 35.0 Å². The number of aromatic carboxylic acids is 1. The van der Waals surface area contributed by atoms with Crippen LogP contribution in [0.4, 0.5) is 8.78 Å². The van der Waals surface area contributed by atoms with Crippen molar-refractivity contribution in [1.82, 2.24) is 4.98 Å². The second-order valence-electron chi connectivity index (χ2n) is 6.96. The summed E-state index contributed by atoms with van der Waals surface area (Å²) in [6, 6.07) is 11.5. The molecule has 0 amide bonds. The summed E-state index contributed by atoms with van der Waals surface area (Å²) in [6.07, 6.45) is -3.39. The number of pyridine rings is 1. The Kier molecular flexibility index (Phi) is 4.26. The van der Waals surface area contributed by atoms with Gasteiger partial charge in [0.05, 0.1) is 11.1 Å². The van der Waals surface area contributed by atoms with Gasteiger partial charge < -0.3 is 14.3 Å². The van der Waals surface area contributed by atoms with Crippen LogP contribution in [0.3, 0.4) is 0 Å². The number of nitrogens with zero attached hydrogens (tertiary/aromatic N) is 1. The molecule has 0 radical (unpaired) electrons. The smallest absolute Gasteiger partial charge is 0.394 e. The molecule has 0 spiro atoms. The Morgan fingerprint density at radius 1 is 1.14 bits per heavy atom. The van der Waals surface area contributed by atoms with Crippen molar-refractivity contribution >= 4 is 27.8 Å². The number of furan rings is 1. The van der Waals surface area contributed by atoms with Crippen molar-refractivity contribution in [2.75, 3.05) is 0 Å². The Morgan fingerprint density at radius 2 is 1.86 bits per heavy atom. The molecule has 7 heteroatoms. The fraction of sp³-hybridized carbons (Fsp3) is 0.182. The fourth-order valence-corrected chi connectivity index (χ4v) is 3.45. The number of aromatic nitrogens is 1. The molecule has 0 bridgehead atoms. The maximum absolute atomic E-state index is 13.3. The summed E-state index contributed by atoms with van der Waals surface area (Å²) in [7, 11) is 0. The van der Waals surface area contributed by atoms with E-state index in [2.05, 4.69) is 9.72 Å². The molecule has 2 aromatic heterocycles. The molecule has 0 fully saturated rings. The van der Waals surface area contributed by atoms with E-state index in [1.165, 1.54) is 18.2 Å². The average Bonchev–Trinajstić information content (AvgIpc) is 2.97. The number of fused-ring (bicyclic) bond motifs is 2. The highest BCUT2D eigenvalue weighted by molar-refractivity contribution is 6.05. The lowest BCUT2D eigenvalue weighted by atomic mass is 10.0. The van der Waals surface area contributed by atoms with Crippen LogP contribution >= 0.6 is 0 Å². The third-order valence-corrected chi connectivity index (χ3v) is 4.68. The first-order valence-corrected chi connectivity index (χ1v) is 8.88. The number of halogens is 2. The molecule has 4 aromatic rings. The molecule has 0 aliphatic rings. The number of hydrogen-bond acceptors (Lipinski definition) is 4. The lowest BCUT2D eigenvalue weighted by Crippen LogP contribution is -2.19. The SMILES string of the molecule is Cc1c(-c2cc(C(=O)O)c3cc(OC(C)(F)F)cc(C)c3n2)oc2ccccc12. The number of para-hydroxylation sites is 1. The number of carboxylic acids is 1. The first-order chi connectivity index (χ1) is 13.6. The third-order valence-electron chi connectivity index (χ3n) is 4.68. The summed E-state index contributed by atoms with van der Waals surface area (Å²) in [5, 5.41) is 10.9. The Hall–Kier alpha value is -3.48. The summed E-state index contributed by atoms with van der Waals surface area (Å²) in [5.74, 6) is -0.859. The minimum atomic E-state index is -3.39. The Bertz CT molecular complexity index is 1270. The molecule has 5 nitrogen and oxygen atoms in total. The number of rotatable bonds is 4. The van der Waals surface area contributed by atoms with Crippen molar-refractivity contribution in [3.8, 4) is 17.2 Å². The maximum Gasteiger partial charge on any atom is 0.394 e. The van der Waals surface area contributed by atoms with Crippen molar-refractivity contribution in [3.05, 3.63) is 59.2 Å². The summed E-state index contributed by atoms with van der Waals surface area (Å²) in [4.78, 5) is 16.5. The van der Waals surface area contributed by atoms with Crippen LogP contribution in [0.15, 0.2) is 46.9 Å². The second kappa shape index (κ2) is 6.55. The number of aryl methyl sites for hydroxylation is 2. The van der Waals surface area contributed by atoms with Crippen LogP contribution < -0.4 is 4.74 Å². The first-order valence-electron chi connectivity index (χ1n) is 8.88. The highest BCUT2D eigenvalue weighted by Crippen LogP contribution is 2.36. The monoisotopic (exact) mass is 397 g/mol. The van der Waals surface area contributed by atoms with E-state index >= 15 is 0 Å². The molecule has 0 unspecified atom stereocenters. The van der Waals surface area contributed by atoms with E-state index in [9.17, 15) is 18.7 Å². The Labute approximate surface area is 164 Å². The lowest BCUT2D eigenvalue weighted by molar-refractivity contribution is -0.158. The van der Waals surface area contributed by atoms with Gasteiger partial charge in [-0.05, 0) is 43.7 Å². The van der Waals surface area contributed by atoms with E-state index in [1.54, 1.807) is 6.92 Å². The van der Waals surface area contributed by atoms with Crippen LogP contribution in [0, 0.1) is 13.8 Å². The van der Waals surface area contributed by atoms with E-state index in [1.807, 2.05) is 31.2 Å². The Morgan fingerprint density at radius 3 is 2.52 bits per heavy atom. The largest absolute Gasteiger partial charge is 0.478 e. The molecule has 2 aromatic carbocycles. The molecule has 1 N–H and O–H groups in total. The average molecular weight is 397 g/mol. The van der Waals surface area contributed by atoms with Crippen molar-refractivity contribution in [2.24, 2.45) is 0 Å². The van der Waals surface area contributed by atoms with Gasteiger partial charge in [-0.1, -0.05) is 18.2 Å². The van der Waals surface area contributed by atoms with E-state index in [4.69, 9.17) is 4.42 Å². The number of alkyl halides is 2. The highest BCUT2D eigenvalue weighted by atomic mass is 19.3. The fourth-order valence-electron chi connectivity index (χ4n) is 3.45. The third kappa shape index (κ3) is 3.40. The van der Waals surface area contributed by atoms with Crippen molar-refractivity contribution in [3.63, 3.8) is 0 Å². The molecule has 148 valence electrons. The van der Waals surface area contributed by atoms with Crippen molar-refractivity contribution < 1.29 is 27.8 Å². The van der Waals surface area contributed by atoms with Crippen LogP contribution in [0.25, 0.3) is 33.3 Å². The molecule has 0 aliphatic heterocycles. The summed E-state index contributed by atoms with van der Waals surface area (Å²) >= 11 is 0. The van der Waals surface area contributed by atoms with Gasteiger partial charge in [-0.25, -0.2) is 9.78 Å². The van der Waals surface area contributed by atoms with E-state index < -0.39 is 12.1 Å². The van der Waals surface area contributed by atoms with Crippen LogP contribution in [0.2, 0.25) is 0 Å². The van der Waals surface area contributed by atoms with Crippen LogP contribution in [-0.4, -0.2) is 22.2 Å². The van der Waals surface area contributed by atoms with Gasteiger partial charge in [0, 0.05) is 23.3 Å². The summed E-state index contributed by atoms with van der Waals surface area (Å²) < 4.78 is 37.1. The van der Waals surface area contributed by atoms with Crippen LogP contribution in [0.1, 0.15) is 28.4 Å². The van der Waals surface area contributed by atoms with Crippen molar-refractivity contribution in [1.29, 1.82) is 0 Å². The number of ether oxygens (including phenoxy) is 1. The van der Waals surface area contributed by atoms with Gasteiger partial charge in [-0.15, -0.1) is 0 Å². The van der Waals surface area contributed by atoms with Gasteiger partial charge >= 0.3 is 12.1 Å². The van der Waals surface area contributed by atoms with Gasteiger partial charge in [0.2, 0.25) is 0 Å². The number of carbonyl (C=O) groups is 1. The molecule has 0 saturated carbocycles. The normalized spacial score (nSPS) is 11.9. The molecule has 0 saturated heterocycles. The highest BCUT2D eigenvalue weighted by Gasteiger charge is 2.25. The number of benzene rings is 2. The predicted molar refractivity (Wildman–Crippen MR) is 105 cm³/mol. The summed E-state index contributed by atoms with van der Waals surface area (Å²) in [5.41, 5.74) is 2.70. The standard InChI is InChI=1S/C22H17F2NO4/c1-11-8-13(29-22(3,23)24)9-15-16(21(26)27)10-17(25-19(11)15)20-12(2)14-6-4-5-7-18(14)28-20/h4-10H,1-3H3,(H,26,27). The van der Waals surface area contributed by atoms with E-state index in [-0.39, 0.29) is 16.7 Å². The molecular weight excluding hydrogens is 380 g/mol. The molecular formula is C22H17F2NO4. The van der Waals surface area contributed by atoms with Gasteiger partial charge in [0.1, 0.15) is 17.0 Å². The number of hydrogen-bond donors (Lipinski definition) is 1. The van der Waals surface area contributed by atoms with Gasteiger partial charge in [-0.2, -0.15) is 8.78 Å². The molecule has 29 heavy (non-hydrogen) atoms. The van der Waals surface area contributed by atoms with Gasteiger partial charge in [0.25, 0.3) is 0 Å². The van der Waals surface area contributed by atoms with Crippen LogP contribution in [-0.2, 0) is 0 Å². The quantitative estimate of drug-likeness (QED) is 0.460. The molecule has 0 aliphatic carbocycles. The minimum absolute atomic E-state index is 0.0715.